The van der Waals surface area contributed by atoms with Crippen molar-refractivity contribution in [1.29, 1.82) is 0 Å². The van der Waals surface area contributed by atoms with Crippen molar-refractivity contribution < 1.29 is 9.90 Å². The summed E-state index contributed by atoms with van der Waals surface area (Å²) in [6.45, 7) is 4.49. The number of hydrogen-bond acceptors (Lipinski definition) is 4. The van der Waals surface area contributed by atoms with Crippen LogP contribution < -0.4 is 0 Å². The zero-order valence-electron chi connectivity index (χ0n) is 10.2. The van der Waals surface area contributed by atoms with Crippen LogP contribution in [0.2, 0.25) is 0 Å². The fourth-order valence-corrected chi connectivity index (χ4v) is 1.71. The molecule has 1 N–H and O–H groups in total. The highest BCUT2D eigenvalue weighted by atomic mass is 16.4. The van der Waals surface area contributed by atoms with Gasteiger partial charge in [-0.1, -0.05) is 26.0 Å². The quantitative estimate of drug-likeness (QED) is 0.885. The molecular formula is C12H14N4O2. The predicted molar refractivity (Wildman–Crippen MR) is 64.4 cm³/mol. The number of carboxylic acids is 1. The number of hydrogen-bond donors (Lipinski definition) is 1. The Morgan fingerprint density at radius 1 is 1.44 bits per heavy atom. The standard InChI is InChI=1S/C12H14N4O2/c1-8(2)11-13-14-15-16(11)7-9-4-3-5-10(6-9)12(17)18/h3-6,8H,7H2,1-2H3,(H,17,18). The van der Waals surface area contributed by atoms with E-state index >= 15 is 0 Å². The Morgan fingerprint density at radius 2 is 2.22 bits per heavy atom. The van der Waals surface area contributed by atoms with Crippen LogP contribution >= 0.6 is 0 Å². The maximum Gasteiger partial charge on any atom is 0.335 e. The summed E-state index contributed by atoms with van der Waals surface area (Å²) in [5.74, 6) is 0.0797. The highest BCUT2D eigenvalue weighted by Crippen LogP contribution is 2.12. The Labute approximate surface area is 104 Å². The van der Waals surface area contributed by atoms with Gasteiger partial charge in [0.15, 0.2) is 5.82 Å². The maximum absolute atomic E-state index is 10.9. The molecule has 1 aromatic heterocycles. The van der Waals surface area contributed by atoms with Crippen molar-refractivity contribution in [2.45, 2.75) is 26.3 Å². The number of carbonyl (C=O) groups is 1. The molecule has 1 aromatic carbocycles. The number of tetrazole rings is 1. The second-order valence-corrected chi connectivity index (χ2v) is 4.35. The third-order valence-electron chi connectivity index (χ3n) is 2.58. The number of nitrogens with zero attached hydrogens (tertiary/aromatic N) is 4. The molecule has 0 atom stereocenters. The van der Waals surface area contributed by atoms with Gasteiger partial charge in [-0.3, -0.25) is 0 Å². The summed E-state index contributed by atoms with van der Waals surface area (Å²) in [4.78, 5) is 10.9. The van der Waals surface area contributed by atoms with Crippen LogP contribution in [0.15, 0.2) is 24.3 Å². The Kier molecular flexibility index (Phi) is 3.36. The first kappa shape index (κ1) is 12.2. The summed E-state index contributed by atoms with van der Waals surface area (Å²) in [5, 5.41) is 20.4. The lowest BCUT2D eigenvalue weighted by atomic mass is 10.1. The molecule has 6 heteroatoms. The summed E-state index contributed by atoms with van der Waals surface area (Å²) >= 11 is 0. The monoisotopic (exact) mass is 246 g/mol. The molecule has 6 nitrogen and oxygen atoms in total. The largest absolute Gasteiger partial charge is 0.478 e. The summed E-state index contributed by atoms with van der Waals surface area (Å²) in [6.07, 6.45) is 0. The van der Waals surface area contributed by atoms with E-state index in [-0.39, 0.29) is 11.5 Å². The number of carboxylic acid groups (broad SMARTS) is 1. The smallest absolute Gasteiger partial charge is 0.335 e. The van der Waals surface area contributed by atoms with Crippen LogP contribution in [-0.4, -0.2) is 31.3 Å². The van der Waals surface area contributed by atoms with Crippen molar-refractivity contribution in [3.05, 3.63) is 41.2 Å². The van der Waals surface area contributed by atoms with E-state index in [2.05, 4.69) is 15.5 Å². The van der Waals surface area contributed by atoms with E-state index in [1.807, 2.05) is 19.9 Å². The van der Waals surface area contributed by atoms with Crippen molar-refractivity contribution in [2.24, 2.45) is 0 Å². The minimum Gasteiger partial charge on any atom is -0.478 e. The van der Waals surface area contributed by atoms with Crippen LogP contribution in [0.25, 0.3) is 0 Å². The molecule has 0 aliphatic heterocycles. The predicted octanol–water partition coefficient (Wildman–Crippen LogP) is 1.54. The minimum absolute atomic E-state index is 0.225. The van der Waals surface area contributed by atoms with Crippen molar-refractivity contribution in [3.8, 4) is 0 Å². The molecule has 0 saturated carbocycles. The summed E-state index contributed by atoms with van der Waals surface area (Å²) in [6, 6.07) is 6.78. The van der Waals surface area contributed by atoms with E-state index in [4.69, 9.17) is 5.11 Å². The van der Waals surface area contributed by atoms with Gasteiger partial charge in [0.2, 0.25) is 0 Å². The molecule has 0 spiro atoms. The second-order valence-electron chi connectivity index (χ2n) is 4.35. The number of benzene rings is 1. The molecule has 0 fully saturated rings. The average molecular weight is 246 g/mol. The number of rotatable bonds is 4. The van der Waals surface area contributed by atoms with Gasteiger partial charge in [0, 0.05) is 5.92 Å². The highest BCUT2D eigenvalue weighted by molar-refractivity contribution is 5.87. The van der Waals surface area contributed by atoms with Crippen molar-refractivity contribution >= 4 is 5.97 Å². The van der Waals surface area contributed by atoms with Gasteiger partial charge in [-0.05, 0) is 28.1 Å². The fourth-order valence-electron chi connectivity index (χ4n) is 1.71. The van der Waals surface area contributed by atoms with Crippen LogP contribution in [0.3, 0.4) is 0 Å². The molecule has 0 unspecified atom stereocenters. The van der Waals surface area contributed by atoms with Crippen LogP contribution in [0, 0.1) is 0 Å². The summed E-state index contributed by atoms with van der Waals surface area (Å²) in [7, 11) is 0. The Bertz CT molecular complexity index is 563. The van der Waals surface area contributed by atoms with E-state index in [0.29, 0.717) is 6.54 Å². The lowest BCUT2D eigenvalue weighted by molar-refractivity contribution is 0.0696. The van der Waals surface area contributed by atoms with Gasteiger partial charge in [-0.15, -0.1) is 5.10 Å². The van der Waals surface area contributed by atoms with Gasteiger partial charge in [-0.25, -0.2) is 9.48 Å². The molecule has 2 aromatic rings. The lowest BCUT2D eigenvalue weighted by Crippen LogP contribution is -2.09. The van der Waals surface area contributed by atoms with Gasteiger partial charge >= 0.3 is 5.97 Å². The number of aromatic nitrogens is 4. The van der Waals surface area contributed by atoms with E-state index in [0.717, 1.165) is 11.4 Å². The molecule has 0 bridgehead atoms. The summed E-state index contributed by atoms with van der Waals surface area (Å²) < 4.78 is 1.69. The van der Waals surface area contributed by atoms with E-state index < -0.39 is 5.97 Å². The topological polar surface area (TPSA) is 80.9 Å². The van der Waals surface area contributed by atoms with Crippen molar-refractivity contribution in [2.75, 3.05) is 0 Å². The third kappa shape index (κ3) is 2.53. The van der Waals surface area contributed by atoms with Gasteiger partial charge in [-0.2, -0.15) is 0 Å². The maximum atomic E-state index is 10.9. The molecule has 0 aliphatic carbocycles. The van der Waals surface area contributed by atoms with E-state index in [9.17, 15) is 4.79 Å². The molecule has 2 rings (SSSR count). The highest BCUT2D eigenvalue weighted by Gasteiger charge is 2.11. The molecule has 0 radical (unpaired) electrons. The minimum atomic E-state index is -0.933. The molecule has 94 valence electrons. The third-order valence-corrected chi connectivity index (χ3v) is 2.58. The van der Waals surface area contributed by atoms with Crippen LogP contribution in [-0.2, 0) is 6.54 Å². The van der Waals surface area contributed by atoms with Gasteiger partial charge in [0.25, 0.3) is 0 Å². The first-order valence-electron chi connectivity index (χ1n) is 5.66. The first-order chi connectivity index (χ1) is 8.58. The van der Waals surface area contributed by atoms with Crippen LogP contribution in [0.4, 0.5) is 0 Å². The lowest BCUT2D eigenvalue weighted by Gasteiger charge is -2.07. The molecular weight excluding hydrogens is 232 g/mol. The van der Waals surface area contributed by atoms with Crippen molar-refractivity contribution in [3.63, 3.8) is 0 Å². The first-order valence-corrected chi connectivity index (χ1v) is 5.66. The molecule has 1 heterocycles. The van der Waals surface area contributed by atoms with Crippen molar-refractivity contribution in [1.82, 2.24) is 20.2 Å². The Morgan fingerprint density at radius 3 is 2.89 bits per heavy atom. The van der Waals surface area contributed by atoms with Gasteiger partial charge < -0.3 is 5.11 Å². The average Bonchev–Trinajstić information content (AvgIpc) is 2.77. The second kappa shape index (κ2) is 4.95. The van der Waals surface area contributed by atoms with Gasteiger partial charge in [0.1, 0.15) is 0 Å². The Hall–Kier alpha value is -2.24. The SMILES string of the molecule is CC(C)c1nnnn1Cc1cccc(C(=O)O)c1. The fraction of sp³-hybridized carbons (Fsp3) is 0.333. The molecule has 18 heavy (non-hydrogen) atoms. The zero-order chi connectivity index (χ0) is 13.1. The van der Waals surface area contributed by atoms with Crippen LogP contribution in [0.5, 0.6) is 0 Å². The normalized spacial score (nSPS) is 10.8. The Balaban J connectivity index is 2.26. The van der Waals surface area contributed by atoms with E-state index in [1.165, 1.54) is 0 Å². The number of aromatic carboxylic acids is 1. The molecule has 0 amide bonds. The molecule has 0 aliphatic rings. The van der Waals surface area contributed by atoms with Crippen LogP contribution in [0.1, 0.15) is 41.5 Å². The zero-order valence-corrected chi connectivity index (χ0v) is 10.2. The van der Waals surface area contributed by atoms with E-state index in [1.54, 1.807) is 22.9 Å². The summed E-state index contributed by atoms with van der Waals surface area (Å²) in [5.41, 5.74) is 1.13. The van der Waals surface area contributed by atoms with Gasteiger partial charge in [0.05, 0.1) is 12.1 Å². The molecule has 0 saturated heterocycles.